The highest BCUT2D eigenvalue weighted by Crippen LogP contribution is 2.23. The van der Waals surface area contributed by atoms with Gasteiger partial charge in [-0.1, -0.05) is 29.8 Å². The first-order chi connectivity index (χ1) is 16.7. The van der Waals surface area contributed by atoms with E-state index in [1.165, 1.54) is 13.0 Å². The minimum absolute atomic E-state index is 0.110. The van der Waals surface area contributed by atoms with Crippen LogP contribution < -0.4 is 24.4 Å². The minimum atomic E-state index is -3.70. The summed E-state index contributed by atoms with van der Waals surface area (Å²) in [6.45, 7) is 8.28. The summed E-state index contributed by atoms with van der Waals surface area (Å²) in [5.41, 5.74) is 1.87. The van der Waals surface area contributed by atoms with Crippen LogP contribution >= 0.6 is 11.6 Å². The molecule has 1 unspecified atom stereocenters. The topological polar surface area (TPSA) is 79.9 Å². The lowest BCUT2D eigenvalue weighted by Crippen LogP contribution is -2.30. The number of benzene rings is 2. The molecule has 2 rings (SSSR count). The van der Waals surface area contributed by atoms with Gasteiger partial charge in [-0.2, -0.15) is 0 Å². The van der Waals surface area contributed by atoms with Crippen molar-refractivity contribution in [2.24, 2.45) is 0 Å². The van der Waals surface area contributed by atoms with Gasteiger partial charge in [0.1, 0.15) is 17.6 Å². The molecule has 0 amide bonds. The average molecular weight is 522 g/mol. The van der Waals surface area contributed by atoms with E-state index in [2.05, 4.69) is 27.9 Å². The molecule has 7 nitrogen and oxygen atoms in total. The molecule has 9 heteroatoms. The van der Waals surface area contributed by atoms with Gasteiger partial charge in [-0.25, -0.2) is 13.1 Å². The Labute approximate surface area is 214 Å². The van der Waals surface area contributed by atoms with Crippen molar-refractivity contribution in [2.45, 2.75) is 33.4 Å². The zero-order valence-corrected chi connectivity index (χ0v) is 22.6. The molecule has 2 N–H and O–H groups in total. The lowest BCUT2D eigenvalue weighted by molar-refractivity contribution is 0.269. The van der Waals surface area contributed by atoms with Gasteiger partial charge in [-0.15, -0.1) is 0 Å². The zero-order valence-electron chi connectivity index (χ0n) is 21.0. The number of nitrogens with one attached hydrogen (secondary N) is 2. The standard InChI is InChI=1S/C26H36ClN3O4S/c1-6-30(14-13-28-4)24-10-8-12-26(18-24)34-20(2)15-23(27)16-21(3)35(31,32)29-19-22-9-7-11-25(17-22)33-5/h7-12,15-18,20,28-29H,6,13-14,19H2,1-5H3/b21-16+,23-15-. The first-order valence-corrected chi connectivity index (χ1v) is 13.4. The second-order valence-electron chi connectivity index (χ2n) is 7.99. The number of halogens is 1. The van der Waals surface area contributed by atoms with Gasteiger partial charge in [0.05, 0.1) is 12.0 Å². The van der Waals surface area contributed by atoms with E-state index in [9.17, 15) is 8.42 Å². The van der Waals surface area contributed by atoms with Crippen LogP contribution in [0.5, 0.6) is 11.5 Å². The summed E-state index contributed by atoms with van der Waals surface area (Å²) in [7, 11) is -0.200. The molecule has 0 aliphatic rings. The van der Waals surface area contributed by atoms with Crippen LogP contribution in [0.2, 0.25) is 0 Å². The lowest BCUT2D eigenvalue weighted by Gasteiger charge is -2.24. The van der Waals surface area contributed by atoms with Gasteiger partial charge in [-0.05, 0) is 69.8 Å². The van der Waals surface area contributed by atoms with E-state index >= 15 is 0 Å². The quantitative estimate of drug-likeness (QED) is 0.352. The maximum absolute atomic E-state index is 12.6. The van der Waals surface area contributed by atoms with Crippen LogP contribution in [0.15, 0.2) is 70.6 Å². The first kappa shape index (κ1) is 28.7. The Morgan fingerprint density at radius 3 is 2.57 bits per heavy atom. The van der Waals surface area contributed by atoms with Gasteiger partial charge in [-0.3, -0.25) is 0 Å². The molecule has 192 valence electrons. The Bertz CT molecular complexity index is 1120. The normalized spacial score (nSPS) is 13.4. The number of nitrogens with zero attached hydrogens (tertiary/aromatic N) is 1. The predicted octanol–water partition coefficient (Wildman–Crippen LogP) is 4.65. The highest BCUT2D eigenvalue weighted by atomic mass is 35.5. The number of sulfonamides is 1. The van der Waals surface area contributed by atoms with Gasteiger partial charge >= 0.3 is 0 Å². The maximum Gasteiger partial charge on any atom is 0.236 e. The molecule has 0 fully saturated rings. The SMILES string of the molecule is CCN(CCNC)c1cccc(OC(C)/C=C(Cl)/C=C(\C)S(=O)(=O)NCc2cccc(OC)c2)c1. The molecule has 2 aromatic rings. The minimum Gasteiger partial charge on any atom is -0.497 e. The number of methoxy groups -OCH3 is 1. The number of anilines is 1. The Hall–Kier alpha value is -2.52. The molecule has 0 heterocycles. The van der Waals surface area contributed by atoms with Crippen LogP contribution in [0.1, 0.15) is 26.3 Å². The van der Waals surface area contributed by atoms with Crippen molar-refractivity contribution in [1.82, 2.24) is 10.0 Å². The van der Waals surface area contributed by atoms with E-state index in [1.54, 1.807) is 25.3 Å². The number of ether oxygens (including phenoxy) is 2. The molecule has 0 aliphatic heterocycles. The molecule has 1 atom stereocenters. The third-order valence-electron chi connectivity index (χ3n) is 5.28. The molecule has 0 aromatic heterocycles. The number of hydrogen-bond donors (Lipinski definition) is 2. The highest BCUT2D eigenvalue weighted by molar-refractivity contribution is 7.93. The van der Waals surface area contributed by atoms with Crippen molar-refractivity contribution in [3.05, 3.63) is 76.2 Å². The smallest absolute Gasteiger partial charge is 0.236 e. The average Bonchev–Trinajstić information content (AvgIpc) is 2.83. The Balaban J connectivity index is 2.02. The third kappa shape index (κ3) is 9.57. The summed E-state index contributed by atoms with van der Waals surface area (Å²) in [4.78, 5) is 2.37. The monoisotopic (exact) mass is 521 g/mol. The molecule has 35 heavy (non-hydrogen) atoms. The van der Waals surface area contributed by atoms with Crippen LogP contribution in [-0.2, 0) is 16.6 Å². The van der Waals surface area contributed by atoms with Gasteiger partial charge in [0, 0.05) is 43.0 Å². The van der Waals surface area contributed by atoms with Gasteiger partial charge in [0.15, 0.2) is 0 Å². The fourth-order valence-electron chi connectivity index (χ4n) is 3.34. The number of allylic oxidation sites excluding steroid dienone is 3. The lowest BCUT2D eigenvalue weighted by atomic mass is 10.2. The van der Waals surface area contributed by atoms with E-state index in [-0.39, 0.29) is 22.6 Å². The molecule has 0 saturated heterocycles. The summed E-state index contributed by atoms with van der Waals surface area (Å²) in [6, 6.07) is 15.1. The molecular weight excluding hydrogens is 486 g/mol. The number of rotatable bonds is 14. The largest absolute Gasteiger partial charge is 0.497 e. The number of likely N-dealkylation sites (N-methyl/N-ethyl adjacent to an activating group) is 2. The molecule has 0 saturated carbocycles. The van der Waals surface area contributed by atoms with Gasteiger partial charge in [0.25, 0.3) is 0 Å². The second kappa shape index (κ2) is 14.1. The fraction of sp³-hybridized carbons (Fsp3) is 0.385. The fourth-order valence-corrected chi connectivity index (χ4v) is 4.61. The molecule has 0 aliphatic carbocycles. The first-order valence-electron chi connectivity index (χ1n) is 11.5. The van der Waals surface area contributed by atoms with Gasteiger partial charge < -0.3 is 19.7 Å². The Morgan fingerprint density at radius 2 is 1.89 bits per heavy atom. The van der Waals surface area contributed by atoms with Crippen LogP contribution in [-0.4, -0.2) is 48.3 Å². The second-order valence-corrected chi connectivity index (χ2v) is 10.4. The van der Waals surface area contributed by atoms with Crippen molar-refractivity contribution in [1.29, 1.82) is 0 Å². The summed E-state index contributed by atoms with van der Waals surface area (Å²) >= 11 is 6.34. The highest BCUT2D eigenvalue weighted by Gasteiger charge is 2.14. The van der Waals surface area contributed by atoms with Crippen molar-refractivity contribution >= 4 is 27.3 Å². The summed E-state index contributed by atoms with van der Waals surface area (Å²) in [6.07, 6.45) is 2.73. The van der Waals surface area contributed by atoms with Crippen molar-refractivity contribution < 1.29 is 17.9 Å². The molecule has 2 aromatic carbocycles. The molecular formula is C26H36ClN3O4S. The summed E-state index contributed by atoms with van der Waals surface area (Å²) in [5, 5.41) is 3.44. The Kier molecular flexibility index (Phi) is 11.6. The predicted molar refractivity (Wildman–Crippen MR) is 145 cm³/mol. The van der Waals surface area contributed by atoms with E-state index < -0.39 is 10.0 Å². The van der Waals surface area contributed by atoms with Crippen molar-refractivity contribution in [3.63, 3.8) is 0 Å². The summed E-state index contributed by atoms with van der Waals surface area (Å²) in [5.74, 6) is 1.38. The van der Waals surface area contributed by atoms with Gasteiger partial charge in [0.2, 0.25) is 10.0 Å². The van der Waals surface area contributed by atoms with Crippen LogP contribution in [0.3, 0.4) is 0 Å². The molecule has 0 bridgehead atoms. The van der Waals surface area contributed by atoms with E-state index in [0.717, 1.165) is 30.9 Å². The van der Waals surface area contributed by atoms with Crippen LogP contribution in [0.4, 0.5) is 5.69 Å². The van der Waals surface area contributed by atoms with E-state index in [0.29, 0.717) is 11.5 Å². The van der Waals surface area contributed by atoms with Crippen molar-refractivity contribution in [3.8, 4) is 11.5 Å². The van der Waals surface area contributed by atoms with Crippen LogP contribution in [0, 0.1) is 0 Å². The number of hydrogen-bond acceptors (Lipinski definition) is 6. The zero-order chi connectivity index (χ0) is 25.8. The third-order valence-corrected chi connectivity index (χ3v) is 7.00. The maximum atomic E-state index is 12.6. The van der Waals surface area contributed by atoms with E-state index in [4.69, 9.17) is 21.1 Å². The van der Waals surface area contributed by atoms with E-state index in [1.807, 2.05) is 44.3 Å². The molecule has 0 radical (unpaired) electrons. The molecule has 0 spiro atoms. The van der Waals surface area contributed by atoms with Crippen molar-refractivity contribution in [2.75, 3.05) is 38.7 Å². The Morgan fingerprint density at radius 1 is 1.17 bits per heavy atom. The summed E-state index contributed by atoms with van der Waals surface area (Å²) < 4.78 is 39.0. The van der Waals surface area contributed by atoms with Crippen LogP contribution in [0.25, 0.3) is 0 Å².